The first-order chi connectivity index (χ1) is 11.7. The number of nitrogens with zero attached hydrogens (tertiary/aromatic N) is 1. The predicted molar refractivity (Wildman–Crippen MR) is 101 cm³/mol. The van der Waals surface area contributed by atoms with Crippen LogP contribution >= 0.6 is 0 Å². The van der Waals surface area contributed by atoms with Crippen LogP contribution in [0.4, 0.5) is 0 Å². The minimum absolute atomic E-state index is 0.408. The van der Waals surface area contributed by atoms with Crippen molar-refractivity contribution in [2.45, 2.75) is 97.0 Å². The highest BCUT2D eigenvalue weighted by molar-refractivity contribution is 5.29. The average Bonchev–Trinajstić information content (AvgIpc) is 2.61. The van der Waals surface area contributed by atoms with Gasteiger partial charge in [0.1, 0.15) is 5.75 Å². The Labute approximate surface area is 148 Å². The van der Waals surface area contributed by atoms with Gasteiger partial charge in [0.15, 0.2) is 0 Å². The Bertz CT molecular complexity index is 499. The van der Waals surface area contributed by atoms with Gasteiger partial charge in [-0.15, -0.1) is 0 Å². The lowest BCUT2D eigenvalue weighted by molar-refractivity contribution is 0.127. The second kappa shape index (κ2) is 8.87. The van der Waals surface area contributed by atoms with Gasteiger partial charge < -0.3 is 4.74 Å². The topological polar surface area (TPSA) is 22.1 Å². The summed E-state index contributed by atoms with van der Waals surface area (Å²) in [7, 11) is 0. The van der Waals surface area contributed by atoms with Crippen LogP contribution in [0.15, 0.2) is 12.3 Å². The van der Waals surface area contributed by atoms with E-state index in [1.54, 1.807) is 0 Å². The minimum Gasteiger partial charge on any atom is -0.489 e. The van der Waals surface area contributed by atoms with Gasteiger partial charge in [-0.25, -0.2) is 0 Å². The van der Waals surface area contributed by atoms with Crippen LogP contribution < -0.4 is 4.74 Å². The quantitative estimate of drug-likeness (QED) is 0.615. The molecule has 2 aliphatic carbocycles. The first-order valence-corrected chi connectivity index (χ1v) is 10.4. The van der Waals surface area contributed by atoms with Gasteiger partial charge in [-0.2, -0.15) is 0 Å². The van der Waals surface area contributed by atoms with Crippen molar-refractivity contribution in [3.05, 3.63) is 23.5 Å². The van der Waals surface area contributed by atoms with Gasteiger partial charge >= 0.3 is 0 Å². The number of pyridine rings is 1. The Balaban J connectivity index is 1.55. The van der Waals surface area contributed by atoms with E-state index < -0.39 is 0 Å². The predicted octanol–water partition coefficient (Wildman–Crippen LogP) is 6.25. The summed E-state index contributed by atoms with van der Waals surface area (Å²) in [5, 5.41) is 0. The van der Waals surface area contributed by atoms with E-state index in [0.29, 0.717) is 6.10 Å². The molecule has 0 aliphatic heterocycles. The average molecular weight is 330 g/mol. The molecule has 2 aliphatic rings. The van der Waals surface area contributed by atoms with E-state index in [9.17, 15) is 0 Å². The van der Waals surface area contributed by atoms with Gasteiger partial charge in [0.25, 0.3) is 0 Å². The van der Waals surface area contributed by atoms with Crippen LogP contribution in [0.2, 0.25) is 0 Å². The molecule has 0 N–H and O–H groups in total. The third-order valence-corrected chi connectivity index (χ3v) is 6.19. The summed E-state index contributed by atoms with van der Waals surface area (Å²) in [4.78, 5) is 4.63. The molecule has 0 radical (unpaired) electrons. The lowest BCUT2D eigenvalue weighted by Gasteiger charge is -2.29. The summed E-state index contributed by atoms with van der Waals surface area (Å²) >= 11 is 0. The van der Waals surface area contributed by atoms with E-state index in [1.165, 1.54) is 88.3 Å². The molecule has 1 aromatic heterocycles. The molecule has 24 heavy (non-hydrogen) atoms. The minimum atomic E-state index is 0.408. The van der Waals surface area contributed by atoms with E-state index in [1.807, 2.05) is 6.20 Å². The Morgan fingerprint density at radius 2 is 1.75 bits per heavy atom. The van der Waals surface area contributed by atoms with E-state index in [4.69, 9.17) is 4.74 Å². The van der Waals surface area contributed by atoms with Gasteiger partial charge in [0.05, 0.1) is 12.3 Å². The van der Waals surface area contributed by atoms with Gasteiger partial charge in [0, 0.05) is 5.69 Å². The number of rotatable bonds is 6. The van der Waals surface area contributed by atoms with Crippen LogP contribution in [0.3, 0.4) is 0 Å². The Morgan fingerprint density at radius 3 is 2.46 bits per heavy atom. The number of ether oxygens (including phenoxy) is 1. The molecular formula is C22H35NO. The summed E-state index contributed by atoms with van der Waals surface area (Å²) in [5.41, 5.74) is 2.61. The molecule has 0 atom stereocenters. The fraction of sp³-hybridized carbons (Fsp3) is 0.773. The largest absolute Gasteiger partial charge is 0.489 e. The molecule has 3 rings (SSSR count). The highest BCUT2D eigenvalue weighted by Crippen LogP contribution is 2.32. The standard InChI is InChI=1S/C22H35NO/c1-3-7-18-10-12-21(13-11-18)24-22-15-20(17(2)23-16-22)14-19-8-5-4-6-9-19/h15-16,18-19,21H,3-14H2,1-2H3. The molecule has 1 aromatic rings. The Hall–Kier alpha value is -1.05. The van der Waals surface area contributed by atoms with Crippen LogP contribution in [0.1, 0.15) is 88.8 Å². The maximum Gasteiger partial charge on any atom is 0.138 e. The van der Waals surface area contributed by atoms with Crippen LogP contribution in [0.25, 0.3) is 0 Å². The first kappa shape index (κ1) is 17.8. The molecule has 0 aromatic carbocycles. The van der Waals surface area contributed by atoms with Crippen LogP contribution in [-0.4, -0.2) is 11.1 Å². The van der Waals surface area contributed by atoms with Gasteiger partial charge in [0.2, 0.25) is 0 Å². The highest BCUT2D eigenvalue weighted by Gasteiger charge is 2.22. The van der Waals surface area contributed by atoms with E-state index in [0.717, 1.165) is 17.6 Å². The molecule has 0 saturated heterocycles. The highest BCUT2D eigenvalue weighted by atomic mass is 16.5. The van der Waals surface area contributed by atoms with E-state index >= 15 is 0 Å². The third-order valence-electron chi connectivity index (χ3n) is 6.19. The van der Waals surface area contributed by atoms with Crippen molar-refractivity contribution in [3.63, 3.8) is 0 Å². The molecule has 134 valence electrons. The lowest BCUT2D eigenvalue weighted by Crippen LogP contribution is -2.24. The summed E-state index contributed by atoms with van der Waals surface area (Å²) in [6, 6.07) is 2.29. The third kappa shape index (κ3) is 4.97. The van der Waals surface area contributed by atoms with Gasteiger partial charge in [-0.05, 0) is 62.5 Å². The number of aromatic nitrogens is 1. The molecule has 0 spiro atoms. The van der Waals surface area contributed by atoms with Crippen molar-refractivity contribution >= 4 is 0 Å². The molecule has 2 fully saturated rings. The molecule has 2 nitrogen and oxygen atoms in total. The summed E-state index contributed by atoms with van der Waals surface area (Å²) in [6.45, 7) is 4.45. The molecule has 2 heteroatoms. The molecule has 0 unspecified atom stereocenters. The number of hydrogen-bond donors (Lipinski definition) is 0. The zero-order valence-electron chi connectivity index (χ0n) is 15.7. The summed E-state index contributed by atoms with van der Waals surface area (Å²) in [5.74, 6) is 2.80. The number of hydrogen-bond acceptors (Lipinski definition) is 2. The fourth-order valence-corrected chi connectivity index (χ4v) is 4.67. The Morgan fingerprint density at radius 1 is 1.00 bits per heavy atom. The fourth-order valence-electron chi connectivity index (χ4n) is 4.67. The molecule has 1 heterocycles. The molecule has 2 saturated carbocycles. The van der Waals surface area contributed by atoms with Crippen LogP contribution in [0, 0.1) is 18.8 Å². The zero-order chi connectivity index (χ0) is 16.8. The maximum atomic E-state index is 6.30. The van der Waals surface area contributed by atoms with Gasteiger partial charge in [-0.1, -0.05) is 51.9 Å². The van der Waals surface area contributed by atoms with Crippen molar-refractivity contribution in [1.82, 2.24) is 4.98 Å². The molecular weight excluding hydrogens is 294 g/mol. The summed E-state index contributed by atoms with van der Waals surface area (Å²) in [6.07, 6.45) is 18.4. The van der Waals surface area contributed by atoms with Crippen molar-refractivity contribution in [2.24, 2.45) is 11.8 Å². The van der Waals surface area contributed by atoms with E-state index in [-0.39, 0.29) is 0 Å². The van der Waals surface area contributed by atoms with Crippen molar-refractivity contribution in [2.75, 3.05) is 0 Å². The van der Waals surface area contributed by atoms with Gasteiger partial charge in [-0.3, -0.25) is 4.98 Å². The smallest absolute Gasteiger partial charge is 0.138 e. The van der Waals surface area contributed by atoms with Crippen LogP contribution in [-0.2, 0) is 6.42 Å². The van der Waals surface area contributed by atoms with Crippen LogP contribution in [0.5, 0.6) is 5.75 Å². The van der Waals surface area contributed by atoms with Crippen molar-refractivity contribution < 1.29 is 4.74 Å². The van der Waals surface area contributed by atoms with E-state index in [2.05, 4.69) is 24.9 Å². The zero-order valence-corrected chi connectivity index (χ0v) is 15.7. The monoisotopic (exact) mass is 329 g/mol. The molecule has 0 amide bonds. The number of aryl methyl sites for hydroxylation is 1. The summed E-state index contributed by atoms with van der Waals surface area (Å²) < 4.78 is 6.30. The SMILES string of the molecule is CCCC1CCC(Oc2cnc(C)c(CC3CCCCC3)c2)CC1. The lowest BCUT2D eigenvalue weighted by atomic mass is 9.84. The van der Waals surface area contributed by atoms with Crippen molar-refractivity contribution in [1.29, 1.82) is 0 Å². The second-order valence-electron chi connectivity index (χ2n) is 8.17. The normalized spacial score (nSPS) is 25.6. The first-order valence-electron chi connectivity index (χ1n) is 10.4. The van der Waals surface area contributed by atoms with Crippen molar-refractivity contribution in [3.8, 4) is 5.75 Å². The maximum absolute atomic E-state index is 6.30. The Kier molecular flexibility index (Phi) is 6.57. The second-order valence-corrected chi connectivity index (χ2v) is 8.17. The molecule has 0 bridgehead atoms.